The number of carbonyl (C=O) groups excluding carboxylic acids is 2. The van der Waals surface area contributed by atoms with Crippen LogP contribution in [0.4, 0.5) is 4.39 Å². The first kappa shape index (κ1) is 27.2. The van der Waals surface area contributed by atoms with Crippen LogP contribution in [0.15, 0.2) is 78.9 Å². The van der Waals surface area contributed by atoms with Gasteiger partial charge in [-0.25, -0.2) is 4.39 Å². The maximum Gasteiger partial charge on any atom is 0.243 e. The topological polar surface area (TPSA) is 58.6 Å². The molecule has 0 heterocycles. The van der Waals surface area contributed by atoms with Gasteiger partial charge in [0.25, 0.3) is 0 Å². The Morgan fingerprint density at radius 3 is 2.31 bits per heavy atom. The molecule has 0 unspecified atom stereocenters. The average molecular weight is 511 g/mol. The van der Waals surface area contributed by atoms with E-state index < -0.39 is 11.9 Å². The lowest BCUT2D eigenvalue weighted by atomic mass is 10.0. The predicted molar refractivity (Wildman–Crippen MR) is 140 cm³/mol. The minimum absolute atomic E-state index is 0.00738. The number of benzene rings is 3. The second kappa shape index (κ2) is 13.6. The van der Waals surface area contributed by atoms with Crippen molar-refractivity contribution in [1.29, 1.82) is 0 Å². The van der Waals surface area contributed by atoms with Crippen LogP contribution in [0.1, 0.15) is 37.8 Å². The number of hydrogen-bond donors (Lipinski definition) is 1. The van der Waals surface area contributed by atoms with Crippen molar-refractivity contribution in [3.05, 3.63) is 101 Å². The highest BCUT2D eigenvalue weighted by Crippen LogP contribution is 2.19. The fourth-order valence-electron chi connectivity index (χ4n) is 3.83. The van der Waals surface area contributed by atoms with E-state index in [9.17, 15) is 14.0 Å². The van der Waals surface area contributed by atoms with Gasteiger partial charge in [0.2, 0.25) is 11.8 Å². The van der Waals surface area contributed by atoms with Crippen LogP contribution < -0.4 is 10.1 Å². The van der Waals surface area contributed by atoms with Crippen LogP contribution in [0.3, 0.4) is 0 Å². The molecule has 0 aliphatic carbocycles. The van der Waals surface area contributed by atoms with Crippen LogP contribution in [0.2, 0.25) is 5.02 Å². The molecule has 190 valence electrons. The Morgan fingerprint density at radius 1 is 0.972 bits per heavy atom. The molecule has 7 heteroatoms. The molecule has 36 heavy (non-hydrogen) atoms. The van der Waals surface area contributed by atoms with Crippen LogP contribution >= 0.6 is 11.6 Å². The minimum Gasteiger partial charge on any atom is -0.494 e. The lowest BCUT2D eigenvalue weighted by Gasteiger charge is -2.32. The number of ether oxygens (including phenoxy) is 1. The van der Waals surface area contributed by atoms with Gasteiger partial charge in [0.05, 0.1) is 6.61 Å². The Bertz CT molecular complexity index is 1120. The molecule has 0 fully saturated rings. The van der Waals surface area contributed by atoms with Crippen molar-refractivity contribution in [3.63, 3.8) is 0 Å². The maximum atomic E-state index is 14.6. The normalized spacial score (nSPS) is 11.7. The summed E-state index contributed by atoms with van der Waals surface area (Å²) in [5.74, 6) is -0.258. The highest BCUT2D eigenvalue weighted by Gasteiger charge is 2.31. The molecule has 3 aromatic carbocycles. The van der Waals surface area contributed by atoms with Gasteiger partial charge in [0.1, 0.15) is 17.6 Å². The molecule has 0 spiro atoms. The summed E-state index contributed by atoms with van der Waals surface area (Å²) >= 11 is 5.91. The first-order chi connectivity index (χ1) is 17.3. The van der Waals surface area contributed by atoms with E-state index in [0.29, 0.717) is 35.8 Å². The molecular formula is C29H32ClFN2O3. The molecule has 0 aliphatic heterocycles. The SMILES string of the molecule is CC(C)NC(=O)[C@@H](Cc1ccccc1)N(Cc1ccccc1F)C(=O)CCCOc1ccc(Cl)cc1. The zero-order valence-corrected chi connectivity index (χ0v) is 21.4. The summed E-state index contributed by atoms with van der Waals surface area (Å²) in [6.07, 6.45) is 0.919. The van der Waals surface area contributed by atoms with Crippen LogP contribution in [0, 0.1) is 5.82 Å². The fraction of sp³-hybridized carbons (Fsp3) is 0.310. The van der Waals surface area contributed by atoms with E-state index in [1.807, 2.05) is 44.2 Å². The van der Waals surface area contributed by atoms with Gasteiger partial charge in [0, 0.05) is 36.0 Å². The number of hydrogen-bond acceptors (Lipinski definition) is 3. The summed E-state index contributed by atoms with van der Waals surface area (Å²) in [6.45, 7) is 4.05. The summed E-state index contributed by atoms with van der Waals surface area (Å²) in [4.78, 5) is 28.3. The standard InChI is InChI=1S/C29H32ClFN2O3/c1-21(2)32-29(35)27(19-22-9-4-3-5-10-22)33(20-23-11-6-7-12-26(23)31)28(34)13-8-18-36-25-16-14-24(30)15-17-25/h3-7,9-12,14-17,21,27H,8,13,18-20H2,1-2H3,(H,32,35)/t27-/m1/s1. The van der Waals surface area contributed by atoms with Crippen molar-refractivity contribution in [1.82, 2.24) is 10.2 Å². The molecule has 1 N–H and O–H groups in total. The Hall–Kier alpha value is -3.38. The molecule has 0 aromatic heterocycles. The van der Waals surface area contributed by atoms with E-state index in [0.717, 1.165) is 5.56 Å². The quantitative estimate of drug-likeness (QED) is 0.313. The van der Waals surface area contributed by atoms with Crippen LogP contribution in [-0.4, -0.2) is 35.4 Å². The summed E-state index contributed by atoms with van der Waals surface area (Å²) in [5.41, 5.74) is 1.28. The summed E-state index contributed by atoms with van der Waals surface area (Å²) in [7, 11) is 0. The second-order valence-electron chi connectivity index (χ2n) is 8.89. The van der Waals surface area contributed by atoms with E-state index in [1.54, 1.807) is 42.5 Å². The number of amides is 2. The highest BCUT2D eigenvalue weighted by molar-refractivity contribution is 6.30. The third-order valence-corrected chi connectivity index (χ3v) is 5.87. The van der Waals surface area contributed by atoms with Gasteiger partial charge in [-0.1, -0.05) is 60.1 Å². The number of nitrogens with one attached hydrogen (secondary N) is 1. The van der Waals surface area contributed by atoms with E-state index in [2.05, 4.69) is 5.32 Å². The lowest BCUT2D eigenvalue weighted by molar-refractivity contribution is -0.141. The van der Waals surface area contributed by atoms with Gasteiger partial charge in [-0.05, 0) is 56.2 Å². The molecule has 5 nitrogen and oxygen atoms in total. The second-order valence-corrected chi connectivity index (χ2v) is 9.32. The molecule has 0 radical (unpaired) electrons. The highest BCUT2D eigenvalue weighted by atomic mass is 35.5. The summed E-state index contributed by atoms with van der Waals surface area (Å²) < 4.78 is 20.3. The number of halogens is 2. The maximum absolute atomic E-state index is 14.6. The molecule has 0 aliphatic rings. The molecule has 0 saturated carbocycles. The van der Waals surface area contributed by atoms with E-state index in [4.69, 9.17) is 16.3 Å². The third kappa shape index (κ3) is 8.38. The summed E-state index contributed by atoms with van der Waals surface area (Å²) in [5, 5.41) is 3.55. The van der Waals surface area contributed by atoms with Gasteiger partial charge < -0.3 is 15.0 Å². The van der Waals surface area contributed by atoms with Crippen molar-refractivity contribution in [2.45, 2.75) is 51.7 Å². The van der Waals surface area contributed by atoms with Gasteiger partial charge in [-0.15, -0.1) is 0 Å². The molecular weight excluding hydrogens is 479 g/mol. The number of nitrogens with zero attached hydrogens (tertiary/aromatic N) is 1. The van der Waals surface area contributed by atoms with Gasteiger partial charge >= 0.3 is 0 Å². The van der Waals surface area contributed by atoms with Gasteiger partial charge in [-0.3, -0.25) is 9.59 Å². The first-order valence-electron chi connectivity index (χ1n) is 12.1. The third-order valence-electron chi connectivity index (χ3n) is 5.62. The smallest absolute Gasteiger partial charge is 0.243 e. The molecule has 1 atom stereocenters. The van der Waals surface area contributed by atoms with Crippen LogP contribution in [0.5, 0.6) is 5.75 Å². The Kier molecular flexibility index (Phi) is 10.3. The lowest BCUT2D eigenvalue weighted by Crippen LogP contribution is -2.51. The van der Waals surface area contributed by atoms with E-state index in [-0.39, 0.29) is 30.8 Å². The van der Waals surface area contributed by atoms with Crippen molar-refractivity contribution < 1.29 is 18.7 Å². The van der Waals surface area contributed by atoms with Crippen molar-refractivity contribution in [2.75, 3.05) is 6.61 Å². The molecule has 2 amide bonds. The molecule has 3 rings (SSSR count). The Labute approximate surface area is 217 Å². The first-order valence-corrected chi connectivity index (χ1v) is 12.5. The Morgan fingerprint density at radius 2 is 1.64 bits per heavy atom. The average Bonchev–Trinajstić information content (AvgIpc) is 2.86. The fourth-order valence-corrected chi connectivity index (χ4v) is 3.96. The Balaban J connectivity index is 1.79. The van der Waals surface area contributed by atoms with E-state index >= 15 is 0 Å². The zero-order valence-electron chi connectivity index (χ0n) is 20.6. The van der Waals surface area contributed by atoms with Crippen molar-refractivity contribution in [2.24, 2.45) is 0 Å². The van der Waals surface area contributed by atoms with Crippen molar-refractivity contribution >= 4 is 23.4 Å². The van der Waals surface area contributed by atoms with Crippen LogP contribution in [0.25, 0.3) is 0 Å². The predicted octanol–water partition coefficient (Wildman–Crippen LogP) is 5.80. The van der Waals surface area contributed by atoms with Gasteiger partial charge in [-0.2, -0.15) is 0 Å². The van der Waals surface area contributed by atoms with E-state index in [1.165, 1.54) is 11.0 Å². The summed E-state index contributed by atoms with van der Waals surface area (Å²) in [6, 6.07) is 21.9. The number of carbonyl (C=O) groups is 2. The molecule has 0 bridgehead atoms. The molecule has 3 aromatic rings. The largest absolute Gasteiger partial charge is 0.494 e. The minimum atomic E-state index is -0.793. The zero-order chi connectivity index (χ0) is 25.9. The van der Waals surface area contributed by atoms with Gasteiger partial charge in [0.15, 0.2) is 0 Å². The van der Waals surface area contributed by atoms with Crippen molar-refractivity contribution in [3.8, 4) is 5.75 Å². The number of rotatable bonds is 12. The molecule has 0 saturated heterocycles. The monoisotopic (exact) mass is 510 g/mol. The van der Waals surface area contributed by atoms with Crippen LogP contribution in [-0.2, 0) is 22.6 Å².